The first-order chi connectivity index (χ1) is 8.08. The van der Waals surface area contributed by atoms with Crippen molar-refractivity contribution in [2.24, 2.45) is 0 Å². The minimum absolute atomic E-state index is 0.198. The quantitative estimate of drug-likeness (QED) is 0.855. The molecule has 1 heterocycles. The molecular formula is C14H17FN2. The Kier molecular flexibility index (Phi) is 3.01. The van der Waals surface area contributed by atoms with E-state index in [1.165, 1.54) is 11.6 Å². The van der Waals surface area contributed by atoms with Gasteiger partial charge in [-0.05, 0) is 37.5 Å². The van der Waals surface area contributed by atoms with Crippen LogP contribution in [0.1, 0.15) is 23.7 Å². The lowest BCUT2D eigenvalue weighted by Crippen LogP contribution is -2.02. The second-order valence-corrected chi connectivity index (χ2v) is 4.27. The lowest BCUT2D eigenvalue weighted by atomic mass is 10.0. The highest BCUT2D eigenvalue weighted by molar-refractivity contribution is 5.93. The van der Waals surface area contributed by atoms with Gasteiger partial charge in [-0.3, -0.25) is 4.98 Å². The van der Waals surface area contributed by atoms with Gasteiger partial charge in [-0.2, -0.15) is 0 Å². The number of anilines is 1. The van der Waals surface area contributed by atoms with Crippen LogP contribution < -0.4 is 5.32 Å². The second-order valence-electron chi connectivity index (χ2n) is 4.27. The van der Waals surface area contributed by atoms with Gasteiger partial charge >= 0.3 is 0 Å². The van der Waals surface area contributed by atoms with Crippen LogP contribution in [-0.4, -0.2) is 12.0 Å². The van der Waals surface area contributed by atoms with Crippen molar-refractivity contribution in [1.82, 2.24) is 4.98 Å². The van der Waals surface area contributed by atoms with Crippen molar-refractivity contribution >= 4 is 16.6 Å². The predicted molar refractivity (Wildman–Crippen MR) is 70.1 cm³/mol. The fourth-order valence-corrected chi connectivity index (χ4v) is 2.27. The molecule has 0 aliphatic rings. The highest BCUT2D eigenvalue weighted by Crippen LogP contribution is 2.30. The number of nitrogens with zero attached hydrogens (tertiary/aromatic N) is 1. The predicted octanol–water partition coefficient (Wildman–Crippen LogP) is 3.59. The zero-order valence-electron chi connectivity index (χ0n) is 10.7. The van der Waals surface area contributed by atoms with Crippen molar-refractivity contribution < 1.29 is 4.39 Å². The summed E-state index contributed by atoms with van der Waals surface area (Å²) in [5.41, 5.74) is 4.60. The Balaban J connectivity index is 2.89. The van der Waals surface area contributed by atoms with Crippen LogP contribution in [0.3, 0.4) is 0 Å². The Morgan fingerprint density at radius 3 is 2.59 bits per heavy atom. The number of halogens is 1. The van der Waals surface area contributed by atoms with E-state index in [2.05, 4.69) is 17.2 Å². The molecular weight excluding hydrogens is 215 g/mol. The number of rotatable bonds is 2. The number of pyridine rings is 1. The van der Waals surface area contributed by atoms with E-state index in [0.29, 0.717) is 11.1 Å². The number of fused-ring (bicyclic) bond motifs is 1. The molecule has 0 amide bonds. The topological polar surface area (TPSA) is 24.9 Å². The monoisotopic (exact) mass is 232 g/mol. The molecule has 1 aromatic heterocycles. The van der Waals surface area contributed by atoms with Gasteiger partial charge in [-0.25, -0.2) is 4.39 Å². The largest absolute Gasteiger partial charge is 0.387 e. The summed E-state index contributed by atoms with van der Waals surface area (Å²) in [4.78, 5) is 4.48. The molecule has 0 saturated carbocycles. The number of hydrogen-bond donors (Lipinski definition) is 1. The fraction of sp³-hybridized carbons (Fsp3) is 0.357. The van der Waals surface area contributed by atoms with E-state index < -0.39 is 0 Å². The second kappa shape index (κ2) is 4.32. The van der Waals surface area contributed by atoms with E-state index in [1.807, 2.05) is 20.0 Å². The van der Waals surface area contributed by atoms with Gasteiger partial charge in [0.25, 0.3) is 0 Å². The van der Waals surface area contributed by atoms with E-state index in [1.54, 1.807) is 6.92 Å². The minimum Gasteiger partial charge on any atom is -0.387 e. The molecule has 0 spiro atoms. The number of benzene rings is 1. The van der Waals surface area contributed by atoms with Crippen LogP contribution in [0, 0.1) is 19.7 Å². The average Bonchev–Trinajstić information content (AvgIpc) is 2.30. The summed E-state index contributed by atoms with van der Waals surface area (Å²) in [5.74, 6) is -0.198. The molecule has 2 aromatic rings. The Morgan fingerprint density at radius 2 is 2.00 bits per heavy atom. The molecule has 1 aromatic carbocycles. The summed E-state index contributed by atoms with van der Waals surface area (Å²) in [7, 11) is 1.89. The van der Waals surface area contributed by atoms with Crippen LogP contribution in [0.15, 0.2) is 12.1 Å². The van der Waals surface area contributed by atoms with Gasteiger partial charge in [-0.1, -0.05) is 6.92 Å². The molecule has 0 saturated heterocycles. The highest BCUT2D eigenvalue weighted by atomic mass is 19.1. The minimum atomic E-state index is -0.198. The van der Waals surface area contributed by atoms with Crippen molar-refractivity contribution in [2.75, 3.05) is 12.4 Å². The van der Waals surface area contributed by atoms with E-state index >= 15 is 0 Å². The van der Waals surface area contributed by atoms with Gasteiger partial charge in [0.1, 0.15) is 5.82 Å². The van der Waals surface area contributed by atoms with Crippen molar-refractivity contribution in [2.45, 2.75) is 27.2 Å². The third-order valence-corrected chi connectivity index (χ3v) is 3.18. The van der Waals surface area contributed by atoms with Crippen molar-refractivity contribution in [1.29, 1.82) is 0 Å². The Morgan fingerprint density at radius 1 is 1.29 bits per heavy atom. The molecule has 2 nitrogen and oxygen atoms in total. The third-order valence-electron chi connectivity index (χ3n) is 3.18. The molecule has 1 N–H and O–H groups in total. The van der Waals surface area contributed by atoms with Crippen LogP contribution in [0.4, 0.5) is 10.1 Å². The molecule has 0 aliphatic carbocycles. The van der Waals surface area contributed by atoms with Crippen LogP contribution >= 0.6 is 0 Å². The van der Waals surface area contributed by atoms with Crippen LogP contribution in [0.5, 0.6) is 0 Å². The zero-order chi connectivity index (χ0) is 12.6. The van der Waals surface area contributed by atoms with Crippen molar-refractivity contribution in [3.8, 4) is 0 Å². The van der Waals surface area contributed by atoms with E-state index in [9.17, 15) is 4.39 Å². The maximum Gasteiger partial charge on any atom is 0.128 e. The lowest BCUT2D eigenvalue weighted by Gasteiger charge is -2.14. The molecule has 0 bridgehead atoms. The van der Waals surface area contributed by atoms with Gasteiger partial charge in [0.05, 0.1) is 5.52 Å². The van der Waals surface area contributed by atoms with Crippen LogP contribution in [0.2, 0.25) is 0 Å². The van der Waals surface area contributed by atoms with E-state index in [4.69, 9.17) is 0 Å². The molecule has 2 rings (SSSR count). The zero-order valence-corrected chi connectivity index (χ0v) is 10.7. The molecule has 3 heteroatoms. The third kappa shape index (κ3) is 1.86. The molecule has 90 valence electrons. The Labute approximate surface area is 101 Å². The molecule has 0 aliphatic heterocycles. The van der Waals surface area contributed by atoms with Crippen molar-refractivity contribution in [3.63, 3.8) is 0 Å². The number of nitrogens with one attached hydrogen (secondary N) is 1. The van der Waals surface area contributed by atoms with Crippen LogP contribution in [-0.2, 0) is 6.42 Å². The first-order valence-corrected chi connectivity index (χ1v) is 5.85. The summed E-state index contributed by atoms with van der Waals surface area (Å²) in [6, 6.07) is 3.38. The highest BCUT2D eigenvalue weighted by Gasteiger charge is 2.12. The first-order valence-electron chi connectivity index (χ1n) is 5.85. The molecule has 0 atom stereocenters. The summed E-state index contributed by atoms with van der Waals surface area (Å²) in [6.45, 7) is 5.85. The lowest BCUT2D eigenvalue weighted by molar-refractivity contribution is 0.620. The molecule has 0 fully saturated rings. The SMILES string of the molecule is CCc1c(C)nc2cc(F)c(C)cc2c1NC. The van der Waals surface area contributed by atoms with Gasteiger partial charge in [-0.15, -0.1) is 0 Å². The summed E-state index contributed by atoms with van der Waals surface area (Å²) < 4.78 is 13.5. The molecule has 17 heavy (non-hydrogen) atoms. The standard InChI is InChI=1S/C14H17FN2/c1-5-10-9(3)17-13-7-12(15)8(2)6-11(13)14(10)16-4/h6-7H,5H2,1-4H3,(H,16,17). The maximum absolute atomic E-state index is 13.5. The number of aromatic nitrogens is 1. The normalized spacial score (nSPS) is 10.9. The van der Waals surface area contributed by atoms with Crippen molar-refractivity contribution in [3.05, 3.63) is 34.8 Å². The van der Waals surface area contributed by atoms with Gasteiger partial charge in [0.15, 0.2) is 0 Å². The van der Waals surface area contributed by atoms with Gasteiger partial charge in [0.2, 0.25) is 0 Å². The van der Waals surface area contributed by atoms with Gasteiger partial charge < -0.3 is 5.32 Å². The molecule has 0 radical (unpaired) electrons. The maximum atomic E-state index is 13.5. The molecule has 0 unspecified atom stereocenters. The Hall–Kier alpha value is -1.64. The summed E-state index contributed by atoms with van der Waals surface area (Å²) in [6.07, 6.45) is 0.918. The Bertz CT molecular complexity index is 576. The smallest absolute Gasteiger partial charge is 0.128 e. The fourth-order valence-electron chi connectivity index (χ4n) is 2.27. The van der Waals surface area contributed by atoms with Crippen LogP contribution in [0.25, 0.3) is 10.9 Å². The average molecular weight is 232 g/mol. The van der Waals surface area contributed by atoms with E-state index in [0.717, 1.165) is 23.2 Å². The van der Waals surface area contributed by atoms with Gasteiger partial charge in [0, 0.05) is 29.9 Å². The summed E-state index contributed by atoms with van der Waals surface area (Å²) in [5, 5.41) is 4.21. The van der Waals surface area contributed by atoms with E-state index in [-0.39, 0.29) is 5.82 Å². The number of aryl methyl sites for hydroxylation is 2. The first kappa shape index (κ1) is 11.8. The summed E-state index contributed by atoms with van der Waals surface area (Å²) >= 11 is 0. The number of hydrogen-bond acceptors (Lipinski definition) is 2.